The molecule has 4 nitrogen and oxygen atoms in total. The summed E-state index contributed by atoms with van der Waals surface area (Å²) in [5.74, 6) is 0.612. The van der Waals surface area contributed by atoms with Crippen LogP contribution in [0.4, 0.5) is 0 Å². The van der Waals surface area contributed by atoms with Gasteiger partial charge in [0, 0.05) is 23.2 Å². The molecule has 0 atom stereocenters. The third-order valence-electron chi connectivity index (χ3n) is 3.11. The van der Waals surface area contributed by atoms with Crippen molar-refractivity contribution in [1.29, 1.82) is 0 Å². The molecule has 3 heterocycles. The molecule has 0 saturated carbocycles. The number of nitrogens with zero attached hydrogens (tertiary/aromatic N) is 2. The molecular formula is C11H17Cl3N4. The fourth-order valence-electron chi connectivity index (χ4n) is 2.29. The van der Waals surface area contributed by atoms with E-state index in [1.165, 1.54) is 23.9 Å². The van der Waals surface area contributed by atoms with Gasteiger partial charge in [-0.15, -0.1) is 37.2 Å². The molecule has 0 aliphatic carbocycles. The fourth-order valence-corrected chi connectivity index (χ4v) is 2.29. The lowest BCUT2D eigenvalue weighted by molar-refractivity contribution is 0.454. The first kappa shape index (κ1) is 17.4. The predicted molar refractivity (Wildman–Crippen MR) is 80.5 cm³/mol. The van der Waals surface area contributed by atoms with E-state index in [2.05, 4.69) is 26.6 Å². The van der Waals surface area contributed by atoms with Gasteiger partial charge in [0.25, 0.3) is 0 Å². The Morgan fingerprint density at radius 2 is 1.83 bits per heavy atom. The maximum Gasteiger partial charge on any atom is 0.181 e. The van der Waals surface area contributed by atoms with Crippen LogP contribution in [0.5, 0.6) is 0 Å². The maximum absolute atomic E-state index is 4.24. The van der Waals surface area contributed by atoms with E-state index in [0.29, 0.717) is 5.92 Å². The molecule has 102 valence electrons. The normalized spacial score (nSPS) is 15.3. The summed E-state index contributed by atoms with van der Waals surface area (Å²) >= 11 is 0. The Labute approximate surface area is 125 Å². The van der Waals surface area contributed by atoms with Crippen LogP contribution in [-0.4, -0.2) is 28.3 Å². The second-order valence-electron chi connectivity index (χ2n) is 4.04. The first-order valence-electron chi connectivity index (χ1n) is 5.45. The highest BCUT2D eigenvalue weighted by molar-refractivity contribution is 5.86. The van der Waals surface area contributed by atoms with Gasteiger partial charge in [0.05, 0.1) is 0 Å². The van der Waals surface area contributed by atoms with Gasteiger partial charge in [-0.1, -0.05) is 0 Å². The number of halogens is 3. The number of pyridine rings is 1. The van der Waals surface area contributed by atoms with Crippen molar-refractivity contribution >= 4 is 48.3 Å². The summed E-state index contributed by atoms with van der Waals surface area (Å²) in [4.78, 5) is 4.24. The second-order valence-corrected chi connectivity index (χ2v) is 4.04. The average Bonchev–Trinajstić information content (AvgIpc) is 2.74. The molecule has 0 spiro atoms. The molecule has 2 aromatic rings. The molecule has 0 aromatic carbocycles. The Morgan fingerprint density at radius 3 is 2.56 bits per heavy atom. The number of aromatic nitrogens is 3. The van der Waals surface area contributed by atoms with Gasteiger partial charge in [-0.2, -0.15) is 5.10 Å². The molecule has 0 unspecified atom stereocenters. The summed E-state index contributed by atoms with van der Waals surface area (Å²) in [6, 6.07) is 4.08. The molecule has 1 saturated heterocycles. The lowest BCUT2D eigenvalue weighted by atomic mass is 9.93. The summed E-state index contributed by atoms with van der Waals surface area (Å²) < 4.78 is 0. The van der Waals surface area contributed by atoms with Crippen molar-refractivity contribution in [2.45, 2.75) is 18.8 Å². The number of nitrogens with one attached hydrogen (secondary N) is 2. The van der Waals surface area contributed by atoms with Gasteiger partial charge in [0.1, 0.15) is 0 Å². The number of rotatable bonds is 1. The SMILES string of the molecule is Cl.Cl.Cl.c1cnc2n[nH]c(C3CCNCC3)c2c1. The Hall–Kier alpha value is -0.550. The summed E-state index contributed by atoms with van der Waals surface area (Å²) in [6.07, 6.45) is 4.16. The van der Waals surface area contributed by atoms with Crippen LogP contribution in [0.15, 0.2) is 18.3 Å². The summed E-state index contributed by atoms with van der Waals surface area (Å²) in [5.41, 5.74) is 2.10. The number of piperidine rings is 1. The smallest absolute Gasteiger partial charge is 0.181 e. The van der Waals surface area contributed by atoms with Gasteiger partial charge in [-0.05, 0) is 38.1 Å². The maximum atomic E-state index is 4.24. The molecule has 1 fully saturated rings. The van der Waals surface area contributed by atoms with Crippen LogP contribution in [0.1, 0.15) is 24.5 Å². The Kier molecular flexibility index (Phi) is 7.55. The van der Waals surface area contributed by atoms with Crippen LogP contribution >= 0.6 is 37.2 Å². The molecule has 2 aromatic heterocycles. The summed E-state index contributed by atoms with van der Waals surface area (Å²) in [5, 5.41) is 11.9. The minimum atomic E-state index is 0. The fraction of sp³-hybridized carbons (Fsp3) is 0.455. The highest BCUT2D eigenvalue weighted by Crippen LogP contribution is 2.28. The molecule has 0 bridgehead atoms. The number of aromatic amines is 1. The molecule has 2 N–H and O–H groups in total. The third kappa shape index (κ3) is 3.26. The van der Waals surface area contributed by atoms with Crippen molar-refractivity contribution in [3.05, 3.63) is 24.0 Å². The third-order valence-corrected chi connectivity index (χ3v) is 3.11. The van der Waals surface area contributed by atoms with E-state index in [0.717, 1.165) is 18.7 Å². The molecule has 1 aliphatic rings. The van der Waals surface area contributed by atoms with Crippen molar-refractivity contribution in [2.24, 2.45) is 0 Å². The van der Waals surface area contributed by atoms with Crippen molar-refractivity contribution in [2.75, 3.05) is 13.1 Å². The van der Waals surface area contributed by atoms with E-state index < -0.39 is 0 Å². The molecule has 7 heteroatoms. The van der Waals surface area contributed by atoms with E-state index in [-0.39, 0.29) is 37.2 Å². The van der Waals surface area contributed by atoms with E-state index in [4.69, 9.17) is 0 Å². The first-order valence-corrected chi connectivity index (χ1v) is 5.45. The summed E-state index contributed by atoms with van der Waals surface area (Å²) in [6.45, 7) is 2.21. The van der Waals surface area contributed by atoms with Gasteiger partial charge in [0.2, 0.25) is 0 Å². The van der Waals surface area contributed by atoms with E-state index in [9.17, 15) is 0 Å². The summed E-state index contributed by atoms with van der Waals surface area (Å²) in [7, 11) is 0. The van der Waals surface area contributed by atoms with Gasteiger partial charge in [-0.25, -0.2) is 4.98 Å². The van der Waals surface area contributed by atoms with Crippen LogP contribution in [0.3, 0.4) is 0 Å². The Balaban J connectivity index is 0.000000963. The lowest BCUT2D eigenvalue weighted by Crippen LogP contribution is -2.26. The minimum absolute atomic E-state index is 0. The average molecular weight is 312 g/mol. The minimum Gasteiger partial charge on any atom is -0.317 e. The monoisotopic (exact) mass is 310 g/mol. The predicted octanol–water partition coefficient (Wildman–Crippen LogP) is 2.69. The van der Waals surface area contributed by atoms with E-state index in [1.54, 1.807) is 6.20 Å². The van der Waals surface area contributed by atoms with Crippen LogP contribution < -0.4 is 5.32 Å². The molecular weight excluding hydrogens is 295 g/mol. The topological polar surface area (TPSA) is 53.6 Å². The Morgan fingerprint density at radius 1 is 1.11 bits per heavy atom. The van der Waals surface area contributed by atoms with Gasteiger partial charge in [-0.3, -0.25) is 5.10 Å². The zero-order chi connectivity index (χ0) is 10.1. The number of fused-ring (bicyclic) bond motifs is 1. The van der Waals surface area contributed by atoms with Crippen LogP contribution in [-0.2, 0) is 0 Å². The largest absolute Gasteiger partial charge is 0.317 e. The number of hydrogen-bond donors (Lipinski definition) is 2. The molecule has 0 radical (unpaired) electrons. The van der Waals surface area contributed by atoms with Crippen molar-refractivity contribution < 1.29 is 0 Å². The molecule has 3 rings (SSSR count). The Bertz CT molecular complexity index is 468. The lowest BCUT2D eigenvalue weighted by Gasteiger charge is -2.21. The second kappa shape index (κ2) is 7.79. The van der Waals surface area contributed by atoms with Gasteiger partial charge < -0.3 is 5.32 Å². The highest BCUT2D eigenvalue weighted by Gasteiger charge is 2.19. The quantitative estimate of drug-likeness (QED) is 0.851. The zero-order valence-corrected chi connectivity index (χ0v) is 12.2. The molecule has 1 aliphatic heterocycles. The number of H-pyrrole nitrogens is 1. The zero-order valence-electron chi connectivity index (χ0n) is 9.76. The van der Waals surface area contributed by atoms with Crippen LogP contribution in [0, 0.1) is 0 Å². The first-order chi connectivity index (χ1) is 7.45. The molecule has 18 heavy (non-hydrogen) atoms. The van der Waals surface area contributed by atoms with Crippen molar-refractivity contribution in [1.82, 2.24) is 20.5 Å². The van der Waals surface area contributed by atoms with Crippen LogP contribution in [0.2, 0.25) is 0 Å². The van der Waals surface area contributed by atoms with Crippen LogP contribution in [0.25, 0.3) is 11.0 Å². The van der Waals surface area contributed by atoms with Gasteiger partial charge >= 0.3 is 0 Å². The number of hydrogen-bond acceptors (Lipinski definition) is 3. The van der Waals surface area contributed by atoms with Crippen molar-refractivity contribution in [3.63, 3.8) is 0 Å². The highest BCUT2D eigenvalue weighted by atomic mass is 35.5. The van der Waals surface area contributed by atoms with Crippen molar-refractivity contribution in [3.8, 4) is 0 Å². The van der Waals surface area contributed by atoms with E-state index in [1.807, 2.05) is 6.07 Å². The van der Waals surface area contributed by atoms with E-state index >= 15 is 0 Å². The standard InChI is InChI=1S/C11H14N4.3ClH/c1-2-9-10(8-3-6-12-7-4-8)14-15-11(9)13-5-1;;;/h1-2,5,8,12H,3-4,6-7H2,(H,13,14,15);3*1H. The van der Waals surface area contributed by atoms with Gasteiger partial charge in [0.15, 0.2) is 5.65 Å². The molecule has 0 amide bonds.